The first kappa shape index (κ1) is 24.3. The summed E-state index contributed by atoms with van der Waals surface area (Å²) < 4.78 is 43.9. The van der Waals surface area contributed by atoms with Crippen LogP contribution in [-0.4, -0.2) is 46.8 Å². The average molecular weight is 488 g/mol. The molecule has 0 saturated carbocycles. The molecule has 1 atom stereocenters. The Morgan fingerprint density at radius 1 is 1.21 bits per heavy atom. The molecule has 0 radical (unpaired) electrons. The number of fused-ring (bicyclic) bond motifs is 1. The number of carbonyl (C=O) groups is 1. The average Bonchev–Trinajstić information content (AvgIpc) is 3.15. The second-order valence-electron chi connectivity index (χ2n) is 9.73. The number of hydrogen-bond donors (Lipinski definition) is 0. The van der Waals surface area contributed by atoms with Crippen LogP contribution < -0.4 is 4.74 Å². The molecule has 7 nitrogen and oxygen atoms in total. The van der Waals surface area contributed by atoms with Gasteiger partial charge in [-0.25, -0.2) is 12.8 Å². The molecule has 4 rings (SSSR count). The number of hydrogen-bond acceptors (Lipinski definition) is 6. The lowest BCUT2D eigenvalue weighted by Crippen LogP contribution is -2.33. The smallest absolute Gasteiger partial charge is 0.235 e. The van der Waals surface area contributed by atoms with Gasteiger partial charge in [0.15, 0.2) is 5.78 Å². The van der Waals surface area contributed by atoms with E-state index < -0.39 is 16.2 Å². The standard InChI is InChI=1S/C25H30FN3O4S/c1-16(2)29-21-13-19(22(30)14-25(4)8-10-34(31,32)11-9-25)15-27-24(21)23(28-29)18-6-5-7-20(12-18)33-17(3)26/h5-7,12-13,15-17H,8-11,14H2,1-4H3. The summed E-state index contributed by atoms with van der Waals surface area (Å²) in [6.07, 6.45) is 1.38. The lowest BCUT2D eigenvalue weighted by atomic mass is 9.78. The first-order chi connectivity index (χ1) is 16.0. The fourth-order valence-electron chi connectivity index (χ4n) is 4.36. The highest BCUT2D eigenvalue weighted by Crippen LogP contribution is 2.37. The third kappa shape index (κ3) is 5.14. The minimum atomic E-state index is -3.00. The molecule has 0 N–H and O–H groups in total. The maximum Gasteiger partial charge on any atom is 0.235 e. The molecule has 1 aliphatic heterocycles. The van der Waals surface area contributed by atoms with Crippen molar-refractivity contribution in [1.82, 2.24) is 14.8 Å². The minimum Gasteiger partial charge on any atom is -0.461 e. The molecule has 1 fully saturated rings. The number of ketones is 1. The predicted molar refractivity (Wildman–Crippen MR) is 129 cm³/mol. The van der Waals surface area contributed by atoms with Crippen LogP contribution >= 0.6 is 0 Å². The molecule has 1 unspecified atom stereocenters. The second-order valence-corrected chi connectivity index (χ2v) is 12.0. The zero-order valence-electron chi connectivity index (χ0n) is 19.9. The Labute approximate surface area is 199 Å². The van der Waals surface area contributed by atoms with Crippen LogP contribution in [0.4, 0.5) is 4.39 Å². The Kier molecular flexibility index (Phi) is 6.50. The van der Waals surface area contributed by atoms with E-state index in [0.29, 0.717) is 35.4 Å². The zero-order chi connectivity index (χ0) is 24.7. The van der Waals surface area contributed by atoms with E-state index in [2.05, 4.69) is 4.98 Å². The Bertz CT molecular complexity index is 1320. The zero-order valence-corrected chi connectivity index (χ0v) is 20.7. The Hall–Kier alpha value is -2.81. The summed E-state index contributed by atoms with van der Waals surface area (Å²) in [5.41, 5.74) is 2.89. The van der Waals surface area contributed by atoms with Gasteiger partial charge in [-0.2, -0.15) is 5.10 Å². The van der Waals surface area contributed by atoms with Gasteiger partial charge in [0.2, 0.25) is 6.36 Å². The molecule has 1 saturated heterocycles. The van der Waals surface area contributed by atoms with Crippen LogP contribution in [0.5, 0.6) is 5.75 Å². The summed E-state index contributed by atoms with van der Waals surface area (Å²) in [6.45, 7) is 7.30. The molecular weight excluding hydrogens is 457 g/mol. The fraction of sp³-hybridized carbons (Fsp3) is 0.480. The number of aromatic nitrogens is 3. The lowest BCUT2D eigenvalue weighted by molar-refractivity contribution is 0.0860. The molecule has 182 valence electrons. The maximum absolute atomic E-state index is 13.3. The van der Waals surface area contributed by atoms with Crippen LogP contribution in [0.2, 0.25) is 0 Å². The Morgan fingerprint density at radius 3 is 2.56 bits per heavy atom. The normalized spacial score (nSPS) is 18.2. The van der Waals surface area contributed by atoms with Gasteiger partial charge in [0.05, 0.1) is 17.0 Å². The number of alkyl halides is 1. The summed E-state index contributed by atoms with van der Waals surface area (Å²) >= 11 is 0. The van der Waals surface area contributed by atoms with Crippen molar-refractivity contribution in [3.63, 3.8) is 0 Å². The van der Waals surface area contributed by atoms with Gasteiger partial charge in [-0.3, -0.25) is 14.5 Å². The van der Waals surface area contributed by atoms with E-state index in [1.807, 2.05) is 37.6 Å². The second kappa shape index (κ2) is 9.09. The van der Waals surface area contributed by atoms with Crippen molar-refractivity contribution in [2.45, 2.75) is 59.4 Å². The molecule has 1 aliphatic rings. The van der Waals surface area contributed by atoms with Gasteiger partial charge in [-0.15, -0.1) is 0 Å². The maximum atomic E-state index is 13.3. The number of carbonyl (C=O) groups excluding carboxylic acids is 1. The van der Waals surface area contributed by atoms with Crippen molar-refractivity contribution in [2.75, 3.05) is 11.5 Å². The highest BCUT2D eigenvalue weighted by atomic mass is 32.2. The highest BCUT2D eigenvalue weighted by molar-refractivity contribution is 7.91. The number of ether oxygens (including phenoxy) is 1. The molecule has 3 heterocycles. The highest BCUT2D eigenvalue weighted by Gasteiger charge is 2.35. The summed E-state index contributed by atoms with van der Waals surface area (Å²) in [6, 6.07) is 8.88. The number of Topliss-reactive ketones (excluding diaryl/α,β-unsaturated/α-hetero) is 1. The third-order valence-electron chi connectivity index (χ3n) is 6.38. The summed E-state index contributed by atoms with van der Waals surface area (Å²) in [4.78, 5) is 17.8. The van der Waals surface area contributed by atoms with Gasteiger partial charge < -0.3 is 4.74 Å². The van der Waals surface area contributed by atoms with Gasteiger partial charge in [0.1, 0.15) is 26.8 Å². The van der Waals surface area contributed by atoms with E-state index in [1.54, 1.807) is 24.4 Å². The number of halogens is 1. The van der Waals surface area contributed by atoms with Crippen molar-refractivity contribution >= 4 is 26.7 Å². The van der Waals surface area contributed by atoms with Gasteiger partial charge in [0, 0.05) is 36.7 Å². The first-order valence-electron chi connectivity index (χ1n) is 11.5. The molecule has 1 aromatic carbocycles. The van der Waals surface area contributed by atoms with E-state index in [-0.39, 0.29) is 35.2 Å². The first-order valence-corrected chi connectivity index (χ1v) is 13.3. The van der Waals surface area contributed by atoms with Gasteiger partial charge in [0.25, 0.3) is 0 Å². The van der Waals surface area contributed by atoms with Gasteiger partial charge in [-0.05, 0) is 50.3 Å². The monoisotopic (exact) mass is 487 g/mol. The van der Waals surface area contributed by atoms with E-state index >= 15 is 0 Å². The number of sulfone groups is 1. The molecule has 0 spiro atoms. The topological polar surface area (TPSA) is 91.2 Å². The molecule has 2 aromatic heterocycles. The van der Waals surface area contributed by atoms with Crippen molar-refractivity contribution in [2.24, 2.45) is 5.41 Å². The molecule has 0 amide bonds. The van der Waals surface area contributed by atoms with Crippen molar-refractivity contribution in [3.05, 3.63) is 42.1 Å². The van der Waals surface area contributed by atoms with Gasteiger partial charge in [-0.1, -0.05) is 19.1 Å². The van der Waals surface area contributed by atoms with Crippen LogP contribution in [0, 0.1) is 5.41 Å². The van der Waals surface area contributed by atoms with E-state index in [4.69, 9.17) is 9.84 Å². The SMILES string of the molecule is CC(F)Oc1cccc(-c2nn(C(C)C)c3cc(C(=O)CC4(C)CCS(=O)(=O)CC4)cnc23)c1. The summed E-state index contributed by atoms with van der Waals surface area (Å²) in [5.74, 6) is 0.596. The molecule has 0 aliphatic carbocycles. The molecule has 34 heavy (non-hydrogen) atoms. The van der Waals surface area contributed by atoms with Crippen LogP contribution in [0.15, 0.2) is 36.5 Å². The summed E-state index contributed by atoms with van der Waals surface area (Å²) in [5, 5.41) is 4.75. The number of nitrogens with zero attached hydrogens (tertiary/aromatic N) is 3. The Morgan fingerprint density at radius 2 is 1.91 bits per heavy atom. The number of benzene rings is 1. The van der Waals surface area contributed by atoms with Crippen LogP contribution in [0.25, 0.3) is 22.3 Å². The van der Waals surface area contributed by atoms with Crippen LogP contribution in [-0.2, 0) is 9.84 Å². The van der Waals surface area contributed by atoms with Crippen LogP contribution in [0.1, 0.15) is 63.4 Å². The number of rotatable bonds is 7. The van der Waals surface area contributed by atoms with E-state index in [1.165, 1.54) is 6.92 Å². The Balaban J connectivity index is 1.68. The molecule has 9 heteroatoms. The summed E-state index contributed by atoms with van der Waals surface area (Å²) in [7, 11) is -3.00. The van der Waals surface area contributed by atoms with Gasteiger partial charge >= 0.3 is 0 Å². The predicted octanol–water partition coefficient (Wildman–Crippen LogP) is 5.16. The van der Waals surface area contributed by atoms with Crippen molar-refractivity contribution in [3.8, 4) is 17.0 Å². The molecule has 0 bridgehead atoms. The third-order valence-corrected chi connectivity index (χ3v) is 8.04. The number of pyridine rings is 1. The van der Waals surface area contributed by atoms with E-state index in [9.17, 15) is 17.6 Å². The fourth-order valence-corrected chi connectivity index (χ4v) is 6.17. The lowest BCUT2D eigenvalue weighted by Gasteiger charge is -2.32. The molecular formula is C25H30FN3O4S. The van der Waals surface area contributed by atoms with Crippen molar-refractivity contribution < 1.29 is 22.3 Å². The van der Waals surface area contributed by atoms with E-state index in [0.717, 1.165) is 11.1 Å². The van der Waals surface area contributed by atoms with Crippen molar-refractivity contribution in [1.29, 1.82) is 0 Å². The minimum absolute atomic E-state index is 0.0229. The quantitative estimate of drug-likeness (QED) is 0.428. The largest absolute Gasteiger partial charge is 0.461 e. The van der Waals surface area contributed by atoms with Crippen LogP contribution in [0.3, 0.4) is 0 Å². The molecule has 3 aromatic rings.